The average molecular weight is 340 g/mol. The molecule has 2 aromatic carbocycles. The quantitative estimate of drug-likeness (QED) is 0.874. The van der Waals surface area contributed by atoms with Crippen LogP contribution in [0, 0.1) is 0 Å². The van der Waals surface area contributed by atoms with Gasteiger partial charge >= 0.3 is 5.97 Å². The summed E-state index contributed by atoms with van der Waals surface area (Å²) in [6, 6.07) is 14.3. The van der Waals surface area contributed by atoms with Gasteiger partial charge in [-0.3, -0.25) is 9.59 Å². The lowest BCUT2D eigenvalue weighted by molar-refractivity contribution is -0.136. The van der Waals surface area contributed by atoms with E-state index in [0.29, 0.717) is 30.0 Å². The fourth-order valence-electron chi connectivity index (χ4n) is 2.80. The lowest BCUT2D eigenvalue weighted by Gasteiger charge is -2.28. The van der Waals surface area contributed by atoms with Gasteiger partial charge in [-0.2, -0.15) is 0 Å². The number of carbonyl (C=O) groups excluding carboxylic acids is 1. The van der Waals surface area contributed by atoms with Crippen LogP contribution in [0.4, 0.5) is 11.4 Å². The van der Waals surface area contributed by atoms with Crippen molar-refractivity contribution < 1.29 is 19.4 Å². The number of hydrogen-bond donors (Lipinski definition) is 2. The van der Waals surface area contributed by atoms with E-state index >= 15 is 0 Å². The van der Waals surface area contributed by atoms with Crippen molar-refractivity contribution in [3.63, 3.8) is 0 Å². The normalized spacial score (nSPS) is 14.2. The zero-order valence-electron chi connectivity index (χ0n) is 13.8. The molecule has 6 nitrogen and oxygen atoms in total. The number of hydrogen-bond acceptors (Lipinski definition) is 4. The smallest absolute Gasteiger partial charge is 0.307 e. The predicted octanol–water partition coefficient (Wildman–Crippen LogP) is 2.40. The summed E-state index contributed by atoms with van der Waals surface area (Å²) in [5, 5.41) is 11.8. The molecule has 1 heterocycles. The van der Waals surface area contributed by atoms with Crippen LogP contribution >= 0.6 is 0 Å². The van der Waals surface area contributed by atoms with Crippen LogP contribution in [0.15, 0.2) is 48.5 Å². The van der Waals surface area contributed by atoms with Crippen molar-refractivity contribution in [2.24, 2.45) is 0 Å². The number of carbonyl (C=O) groups is 2. The summed E-state index contributed by atoms with van der Waals surface area (Å²) >= 11 is 0. The Bertz CT molecular complexity index is 752. The maximum atomic E-state index is 12.4. The first-order chi connectivity index (χ1) is 12.1. The molecule has 6 heteroatoms. The third-order valence-corrected chi connectivity index (χ3v) is 4.11. The number of aliphatic carboxylic acids is 1. The maximum Gasteiger partial charge on any atom is 0.307 e. The van der Waals surface area contributed by atoms with Crippen LogP contribution in [0.1, 0.15) is 15.9 Å². The molecule has 2 aromatic rings. The summed E-state index contributed by atoms with van der Waals surface area (Å²) < 4.78 is 5.34. The molecule has 0 aliphatic carbocycles. The van der Waals surface area contributed by atoms with E-state index in [4.69, 9.17) is 9.84 Å². The number of morpholine rings is 1. The molecular formula is C19H20N2O4. The van der Waals surface area contributed by atoms with Gasteiger partial charge in [0.15, 0.2) is 0 Å². The molecule has 0 unspecified atom stereocenters. The number of benzene rings is 2. The number of nitrogens with one attached hydrogen (secondary N) is 1. The summed E-state index contributed by atoms with van der Waals surface area (Å²) in [7, 11) is 0. The van der Waals surface area contributed by atoms with E-state index in [-0.39, 0.29) is 12.3 Å². The fraction of sp³-hybridized carbons (Fsp3) is 0.263. The van der Waals surface area contributed by atoms with Gasteiger partial charge in [0.1, 0.15) is 0 Å². The van der Waals surface area contributed by atoms with E-state index in [0.717, 1.165) is 18.8 Å². The Kier molecular flexibility index (Phi) is 5.30. The number of amides is 1. The molecule has 1 aliphatic rings. The van der Waals surface area contributed by atoms with Crippen molar-refractivity contribution in [2.45, 2.75) is 6.42 Å². The van der Waals surface area contributed by atoms with Crippen LogP contribution in [-0.4, -0.2) is 43.3 Å². The number of nitrogens with zero attached hydrogens (tertiary/aromatic N) is 1. The van der Waals surface area contributed by atoms with Gasteiger partial charge in [0.25, 0.3) is 5.91 Å². The first-order valence-electron chi connectivity index (χ1n) is 8.17. The van der Waals surface area contributed by atoms with E-state index in [9.17, 15) is 9.59 Å². The van der Waals surface area contributed by atoms with Crippen molar-refractivity contribution in [3.05, 3.63) is 59.7 Å². The van der Waals surface area contributed by atoms with Gasteiger partial charge in [0.2, 0.25) is 0 Å². The van der Waals surface area contributed by atoms with Crippen molar-refractivity contribution >= 4 is 23.3 Å². The van der Waals surface area contributed by atoms with E-state index in [2.05, 4.69) is 10.2 Å². The molecule has 0 atom stereocenters. The molecule has 130 valence electrons. The molecule has 0 bridgehead atoms. The minimum Gasteiger partial charge on any atom is -0.481 e. The third-order valence-electron chi connectivity index (χ3n) is 4.11. The Morgan fingerprint density at radius 3 is 2.40 bits per heavy atom. The number of carboxylic acid groups (broad SMARTS) is 1. The third kappa shape index (κ3) is 4.36. The highest BCUT2D eigenvalue weighted by Crippen LogP contribution is 2.19. The summed E-state index contributed by atoms with van der Waals surface area (Å²) in [5.41, 5.74) is 2.69. The van der Waals surface area contributed by atoms with Crippen molar-refractivity contribution in [3.8, 4) is 0 Å². The molecule has 0 aromatic heterocycles. The first-order valence-corrected chi connectivity index (χ1v) is 8.17. The average Bonchev–Trinajstić information content (AvgIpc) is 2.64. The van der Waals surface area contributed by atoms with Crippen LogP contribution in [0.3, 0.4) is 0 Å². The second kappa shape index (κ2) is 7.81. The predicted molar refractivity (Wildman–Crippen MR) is 95.2 cm³/mol. The van der Waals surface area contributed by atoms with Gasteiger partial charge in [-0.05, 0) is 35.9 Å². The van der Waals surface area contributed by atoms with Crippen LogP contribution in [-0.2, 0) is 16.0 Å². The van der Waals surface area contributed by atoms with E-state index in [1.54, 1.807) is 36.4 Å². The Morgan fingerprint density at radius 1 is 1.04 bits per heavy atom. The number of anilines is 2. The topological polar surface area (TPSA) is 78.9 Å². The summed E-state index contributed by atoms with van der Waals surface area (Å²) in [4.78, 5) is 25.6. The Morgan fingerprint density at radius 2 is 1.72 bits per heavy atom. The number of ether oxygens (including phenoxy) is 1. The molecule has 0 saturated carbocycles. The van der Waals surface area contributed by atoms with Gasteiger partial charge in [0.05, 0.1) is 19.6 Å². The lowest BCUT2D eigenvalue weighted by atomic mass is 10.1. The van der Waals surface area contributed by atoms with Crippen LogP contribution in [0.2, 0.25) is 0 Å². The molecule has 0 radical (unpaired) electrons. The van der Waals surface area contributed by atoms with E-state index < -0.39 is 5.97 Å². The Labute approximate surface area is 146 Å². The molecule has 3 rings (SSSR count). The SMILES string of the molecule is O=C(O)Cc1ccccc1NC(=O)c1ccc(N2CCOCC2)cc1. The Hall–Kier alpha value is -2.86. The summed E-state index contributed by atoms with van der Waals surface area (Å²) in [6.07, 6.45) is -0.133. The second-order valence-electron chi connectivity index (χ2n) is 5.83. The van der Waals surface area contributed by atoms with Crippen molar-refractivity contribution in [1.29, 1.82) is 0 Å². The summed E-state index contributed by atoms with van der Waals surface area (Å²) in [5.74, 6) is -1.19. The minimum atomic E-state index is -0.934. The van der Waals surface area contributed by atoms with Crippen molar-refractivity contribution in [2.75, 3.05) is 36.5 Å². The monoisotopic (exact) mass is 340 g/mol. The standard InChI is InChI=1S/C19H20N2O4/c22-18(23)13-15-3-1-2-4-17(15)20-19(24)14-5-7-16(8-6-14)21-9-11-25-12-10-21/h1-8H,9-13H2,(H,20,24)(H,22,23). The van der Waals surface area contributed by atoms with Crippen LogP contribution < -0.4 is 10.2 Å². The molecular weight excluding hydrogens is 320 g/mol. The van der Waals surface area contributed by atoms with Crippen molar-refractivity contribution in [1.82, 2.24) is 0 Å². The number of carboxylic acids is 1. The molecule has 0 spiro atoms. The highest BCUT2D eigenvalue weighted by atomic mass is 16.5. The number of rotatable bonds is 5. The molecule has 25 heavy (non-hydrogen) atoms. The van der Waals surface area contributed by atoms with Gasteiger partial charge in [-0.25, -0.2) is 0 Å². The summed E-state index contributed by atoms with van der Waals surface area (Å²) in [6.45, 7) is 3.10. The number of para-hydroxylation sites is 1. The Balaban J connectivity index is 1.70. The fourth-order valence-corrected chi connectivity index (χ4v) is 2.80. The van der Waals surface area contributed by atoms with Crippen LogP contribution in [0.5, 0.6) is 0 Å². The molecule has 1 amide bonds. The highest BCUT2D eigenvalue weighted by Gasteiger charge is 2.13. The molecule has 1 aliphatic heterocycles. The highest BCUT2D eigenvalue weighted by molar-refractivity contribution is 6.05. The lowest BCUT2D eigenvalue weighted by Crippen LogP contribution is -2.36. The molecule has 1 saturated heterocycles. The maximum absolute atomic E-state index is 12.4. The van der Waals surface area contributed by atoms with Gasteiger partial charge < -0.3 is 20.1 Å². The molecule has 1 fully saturated rings. The van der Waals surface area contributed by atoms with Gasteiger partial charge in [0, 0.05) is 30.0 Å². The van der Waals surface area contributed by atoms with E-state index in [1.165, 1.54) is 0 Å². The first kappa shape index (κ1) is 17.0. The van der Waals surface area contributed by atoms with Gasteiger partial charge in [-0.15, -0.1) is 0 Å². The molecule has 2 N–H and O–H groups in total. The zero-order chi connectivity index (χ0) is 17.6. The minimum absolute atomic E-state index is 0.133. The largest absolute Gasteiger partial charge is 0.481 e. The zero-order valence-corrected chi connectivity index (χ0v) is 13.8. The van der Waals surface area contributed by atoms with Crippen LogP contribution in [0.25, 0.3) is 0 Å². The van der Waals surface area contributed by atoms with Gasteiger partial charge in [-0.1, -0.05) is 18.2 Å². The second-order valence-corrected chi connectivity index (χ2v) is 5.83. The van der Waals surface area contributed by atoms with E-state index in [1.807, 2.05) is 12.1 Å².